The predicted octanol–water partition coefficient (Wildman–Crippen LogP) is 5.13. The molecule has 0 aliphatic carbocycles. The summed E-state index contributed by atoms with van der Waals surface area (Å²) in [5.41, 5.74) is 0.868. The summed E-state index contributed by atoms with van der Waals surface area (Å²) in [5.74, 6) is 0.396. The Morgan fingerprint density at radius 2 is 1.84 bits per heavy atom. The minimum absolute atomic E-state index is 0.0146. The van der Waals surface area contributed by atoms with E-state index in [2.05, 4.69) is 0 Å². The van der Waals surface area contributed by atoms with Crippen LogP contribution in [0.1, 0.15) is 24.7 Å². The van der Waals surface area contributed by atoms with E-state index in [1.54, 1.807) is 31.2 Å². The molecule has 0 radical (unpaired) electrons. The van der Waals surface area contributed by atoms with Gasteiger partial charge in [0.2, 0.25) is 11.2 Å². The van der Waals surface area contributed by atoms with Gasteiger partial charge in [0.15, 0.2) is 11.6 Å². The van der Waals surface area contributed by atoms with Gasteiger partial charge in [0.1, 0.15) is 17.1 Å². The van der Waals surface area contributed by atoms with Crippen molar-refractivity contribution in [2.75, 3.05) is 6.61 Å². The third-order valence-electron chi connectivity index (χ3n) is 3.89. The first kappa shape index (κ1) is 17.0. The second kappa shape index (κ2) is 6.97. The van der Waals surface area contributed by atoms with Gasteiger partial charge >= 0.3 is 0 Å². The SMILES string of the molecule is CCCOc1ccc2c(=O)c(Oc3ccccc3F)c(C)oc2c1C. The Hall–Kier alpha value is -2.82. The molecule has 4 nitrogen and oxygen atoms in total. The molecule has 130 valence electrons. The van der Waals surface area contributed by atoms with Gasteiger partial charge in [0, 0.05) is 5.56 Å². The van der Waals surface area contributed by atoms with Crippen molar-refractivity contribution in [2.45, 2.75) is 27.2 Å². The van der Waals surface area contributed by atoms with E-state index in [0.717, 1.165) is 12.0 Å². The number of ether oxygens (including phenoxy) is 2. The fourth-order valence-electron chi connectivity index (χ4n) is 2.59. The van der Waals surface area contributed by atoms with Crippen molar-refractivity contribution in [3.63, 3.8) is 0 Å². The van der Waals surface area contributed by atoms with Crippen molar-refractivity contribution in [1.82, 2.24) is 0 Å². The number of halogens is 1. The van der Waals surface area contributed by atoms with Crippen molar-refractivity contribution in [3.05, 3.63) is 63.8 Å². The van der Waals surface area contributed by atoms with Crippen molar-refractivity contribution in [1.29, 1.82) is 0 Å². The lowest BCUT2D eigenvalue weighted by molar-refractivity contribution is 0.315. The van der Waals surface area contributed by atoms with Crippen molar-refractivity contribution in [2.24, 2.45) is 0 Å². The quantitative estimate of drug-likeness (QED) is 0.645. The molecule has 0 spiro atoms. The van der Waals surface area contributed by atoms with E-state index in [1.807, 2.05) is 13.8 Å². The second-order valence-electron chi connectivity index (χ2n) is 5.76. The van der Waals surface area contributed by atoms with Crippen LogP contribution in [0.2, 0.25) is 0 Å². The Bertz CT molecular complexity index is 975. The lowest BCUT2D eigenvalue weighted by Gasteiger charge is -2.13. The van der Waals surface area contributed by atoms with Crippen LogP contribution in [0.5, 0.6) is 17.2 Å². The summed E-state index contributed by atoms with van der Waals surface area (Å²) in [7, 11) is 0. The lowest BCUT2D eigenvalue weighted by Crippen LogP contribution is -2.09. The average molecular weight is 342 g/mol. The van der Waals surface area contributed by atoms with E-state index in [4.69, 9.17) is 13.9 Å². The van der Waals surface area contributed by atoms with Gasteiger partial charge in [-0.05, 0) is 44.5 Å². The van der Waals surface area contributed by atoms with E-state index in [0.29, 0.717) is 23.3 Å². The van der Waals surface area contributed by atoms with Crippen molar-refractivity contribution < 1.29 is 18.3 Å². The normalized spacial score (nSPS) is 10.9. The smallest absolute Gasteiger partial charge is 0.235 e. The third-order valence-corrected chi connectivity index (χ3v) is 3.89. The zero-order valence-electron chi connectivity index (χ0n) is 14.4. The van der Waals surface area contributed by atoms with E-state index in [1.165, 1.54) is 12.1 Å². The highest BCUT2D eigenvalue weighted by atomic mass is 19.1. The molecule has 0 N–H and O–H groups in total. The monoisotopic (exact) mass is 342 g/mol. The summed E-state index contributed by atoms with van der Waals surface area (Å²) in [4.78, 5) is 12.8. The van der Waals surface area contributed by atoms with Gasteiger partial charge in [-0.15, -0.1) is 0 Å². The molecule has 0 saturated heterocycles. The Balaban J connectivity index is 2.10. The van der Waals surface area contributed by atoms with E-state index < -0.39 is 5.82 Å². The van der Waals surface area contributed by atoms with Crippen LogP contribution in [0.3, 0.4) is 0 Å². The van der Waals surface area contributed by atoms with Crippen LogP contribution < -0.4 is 14.9 Å². The summed E-state index contributed by atoms with van der Waals surface area (Å²) in [6.45, 7) is 6.07. The van der Waals surface area contributed by atoms with Gasteiger partial charge in [-0.3, -0.25) is 4.79 Å². The molecule has 0 fully saturated rings. The standard InChI is InChI=1S/C20H19FO4/c1-4-11-23-16-10-9-14-18(22)20(13(3)24-19(14)12(16)2)25-17-8-6-5-7-15(17)21/h5-10H,4,11H2,1-3H3. The topological polar surface area (TPSA) is 48.7 Å². The molecule has 0 bridgehead atoms. The first-order chi connectivity index (χ1) is 12.0. The van der Waals surface area contributed by atoms with E-state index in [9.17, 15) is 9.18 Å². The molecule has 0 atom stereocenters. The molecule has 3 aromatic rings. The molecule has 1 heterocycles. The first-order valence-electron chi connectivity index (χ1n) is 8.15. The average Bonchev–Trinajstić information content (AvgIpc) is 2.60. The maximum absolute atomic E-state index is 13.8. The number of fused-ring (bicyclic) bond motifs is 1. The maximum Gasteiger partial charge on any atom is 0.235 e. The van der Waals surface area contributed by atoms with Crippen LogP contribution in [-0.4, -0.2) is 6.61 Å². The zero-order chi connectivity index (χ0) is 18.0. The summed E-state index contributed by atoms with van der Waals surface area (Å²) >= 11 is 0. The van der Waals surface area contributed by atoms with Crippen molar-refractivity contribution >= 4 is 11.0 Å². The fraction of sp³-hybridized carbons (Fsp3) is 0.250. The minimum Gasteiger partial charge on any atom is -0.493 e. The highest BCUT2D eigenvalue weighted by molar-refractivity contribution is 5.83. The lowest BCUT2D eigenvalue weighted by atomic mass is 10.1. The molecule has 25 heavy (non-hydrogen) atoms. The van der Waals surface area contributed by atoms with Gasteiger partial charge in [-0.2, -0.15) is 0 Å². The van der Waals surface area contributed by atoms with Crippen LogP contribution >= 0.6 is 0 Å². The van der Waals surface area contributed by atoms with Gasteiger partial charge in [-0.25, -0.2) is 4.39 Å². The molecular formula is C20H19FO4. The molecule has 5 heteroatoms. The van der Waals surface area contributed by atoms with E-state index >= 15 is 0 Å². The summed E-state index contributed by atoms with van der Waals surface area (Å²) < 4.78 is 30.8. The Morgan fingerprint density at radius 1 is 1.08 bits per heavy atom. The Kier molecular flexibility index (Phi) is 4.74. The van der Waals surface area contributed by atoms with Crippen LogP contribution in [0, 0.1) is 19.7 Å². The number of benzene rings is 2. The number of para-hydroxylation sites is 1. The molecule has 0 saturated carbocycles. The molecule has 2 aromatic carbocycles. The van der Waals surface area contributed by atoms with Crippen LogP contribution in [0.25, 0.3) is 11.0 Å². The highest BCUT2D eigenvalue weighted by Crippen LogP contribution is 2.31. The number of aryl methyl sites for hydroxylation is 2. The minimum atomic E-state index is -0.541. The van der Waals surface area contributed by atoms with E-state index in [-0.39, 0.29) is 22.7 Å². The zero-order valence-corrected chi connectivity index (χ0v) is 14.4. The molecule has 0 unspecified atom stereocenters. The number of hydrogen-bond acceptors (Lipinski definition) is 4. The number of rotatable bonds is 5. The molecular weight excluding hydrogens is 323 g/mol. The fourth-order valence-corrected chi connectivity index (χ4v) is 2.59. The van der Waals surface area contributed by atoms with Gasteiger partial charge < -0.3 is 13.9 Å². The first-order valence-corrected chi connectivity index (χ1v) is 8.15. The maximum atomic E-state index is 13.8. The summed E-state index contributed by atoms with van der Waals surface area (Å²) in [6.07, 6.45) is 0.885. The predicted molar refractivity (Wildman–Crippen MR) is 94.2 cm³/mol. The molecule has 0 amide bonds. The second-order valence-corrected chi connectivity index (χ2v) is 5.76. The van der Waals surface area contributed by atoms with Crippen LogP contribution in [0.15, 0.2) is 45.6 Å². The highest BCUT2D eigenvalue weighted by Gasteiger charge is 2.18. The van der Waals surface area contributed by atoms with Crippen LogP contribution in [-0.2, 0) is 0 Å². The van der Waals surface area contributed by atoms with Gasteiger partial charge in [0.05, 0.1) is 12.0 Å². The molecule has 3 rings (SSSR count). The molecule has 1 aromatic heterocycles. The Morgan fingerprint density at radius 3 is 2.56 bits per heavy atom. The Labute approximate surface area is 144 Å². The third kappa shape index (κ3) is 3.22. The van der Waals surface area contributed by atoms with Gasteiger partial charge in [0.25, 0.3) is 0 Å². The van der Waals surface area contributed by atoms with Crippen LogP contribution in [0.4, 0.5) is 4.39 Å². The number of hydrogen-bond donors (Lipinski definition) is 0. The summed E-state index contributed by atoms with van der Waals surface area (Å²) in [6, 6.07) is 9.32. The largest absolute Gasteiger partial charge is 0.493 e. The van der Waals surface area contributed by atoms with Crippen molar-refractivity contribution in [3.8, 4) is 17.2 Å². The molecule has 0 aliphatic rings. The summed E-state index contributed by atoms with van der Waals surface area (Å²) in [5, 5.41) is 0.373. The molecule has 0 aliphatic heterocycles. The van der Waals surface area contributed by atoms with Gasteiger partial charge in [-0.1, -0.05) is 19.1 Å².